The zero-order valence-corrected chi connectivity index (χ0v) is 19.2. The standard InChI is InChI=1S/C21H28F3N5O3S/c1-2-3-4-5-7-18-19(29(31)32)33-20(25-18)27-26-16-8-10-17(11-9-16)28(14-15-30)13-6-12-21(22,23)24/h8-11,30H,2-7,12-15H2,1H3. The summed E-state index contributed by atoms with van der Waals surface area (Å²) in [5.41, 5.74) is 1.55. The molecule has 0 saturated carbocycles. The van der Waals surface area contributed by atoms with Gasteiger partial charge >= 0.3 is 11.2 Å². The molecule has 0 radical (unpaired) electrons. The molecule has 0 aliphatic carbocycles. The molecule has 0 amide bonds. The van der Waals surface area contributed by atoms with Crippen molar-refractivity contribution in [2.24, 2.45) is 10.2 Å². The number of rotatable bonds is 14. The van der Waals surface area contributed by atoms with Gasteiger partial charge in [-0.15, -0.1) is 10.2 Å². The fourth-order valence-corrected chi connectivity index (χ4v) is 3.94. The Bertz CT molecular complexity index is 904. The van der Waals surface area contributed by atoms with Crippen LogP contribution in [0.5, 0.6) is 0 Å². The van der Waals surface area contributed by atoms with Crippen LogP contribution in [0, 0.1) is 10.1 Å². The van der Waals surface area contributed by atoms with Crippen LogP contribution >= 0.6 is 11.3 Å². The van der Waals surface area contributed by atoms with Crippen molar-refractivity contribution in [3.8, 4) is 0 Å². The van der Waals surface area contributed by atoms with E-state index in [-0.39, 0.29) is 36.2 Å². The van der Waals surface area contributed by atoms with Gasteiger partial charge in [0.15, 0.2) is 0 Å². The molecular formula is C21H28F3N5O3S. The SMILES string of the molecule is CCCCCCc1nc(N=Nc2ccc(N(CCO)CCCC(F)(F)F)cc2)sc1[N+](=O)[O-]. The van der Waals surface area contributed by atoms with Crippen molar-refractivity contribution in [2.75, 3.05) is 24.6 Å². The van der Waals surface area contributed by atoms with E-state index in [9.17, 15) is 28.4 Å². The number of hydrogen-bond acceptors (Lipinski definition) is 8. The molecule has 2 rings (SSSR count). The third kappa shape index (κ3) is 9.42. The number of benzene rings is 1. The fourth-order valence-electron chi connectivity index (χ4n) is 3.19. The monoisotopic (exact) mass is 487 g/mol. The lowest BCUT2D eigenvalue weighted by molar-refractivity contribution is -0.381. The topological polar surface area (TPSA) is 104 Å². The molecule has 1 aromatic carbocycles. The highest BCUT2D eigenvalue weighted by Crippen LogP contribution is 2.34. The van der Waals surface area contributed by atoms with Crippen LogP contribution in [0.25, 0.3) is 0 Å². The van der Waals surface area contributed by atoms with Gasteiger partial charge in [0, 0.05) is 25.2 Å². The predicted molar refractivity (Wildman–Crippen MR) is 122 cm³/mol. The summed E-state index contributed by atoms with van der Waals surface area (Å²) in [6, 6.07) is 6.64. The third-order valence-corrected chi connectivity index (χ3v) is 5.76. The van der Waals surface area contributed by atoms with E-state index in [0.717, 1.165) is 37.0 Å². The Labute approximate surface area is 194 Å². The van der Waals surface area contributed by atoms with E-state index in [1.807, 2.05) is 0 Å². The molecule has 2 aromatic rings. The lowest BCUT2D eigenvalue weighted by Crippen LogP contribution is -2.28. The molecule has 182 valence electrons. The van der Waals surface area contributed by atoms with Gasteiger partial charge < -0.3 is 10.0 Å². The van der Waals surface area contributed by atoms with E-state index >= 15 is 0 Å². The van der Waals surface area contributed by atoms with Crippen LogP contribution in [0.4, 0.5) is 34.7 Å². The van der Waals surface area contributed by atoms with E-state index in [0.29, 0.717) is 23.5 Å². The number of aliphatic hydroxyl groups is 1. The van der Waals surface area contributed by atoms with Crippen LogP contribution in [-0.4, -0.2) is 40.9 Å². The van der Waals surface area contributed by atoms with Gasteiger partial charge in [-0.05, 0) is 54.9 Å². The maximum atomic E-state index is 12.4. The lowest BCUT2D eigenvalue weighted by atomic mass is 10.1. The van der Waals surface area contributed by atoms with Crippen LogP contribution < -0.4 is 4.90 Å². The first-order valence-electron chi connectivity index (χ1n) is 10.8. The lowest BCUT2D eigenvalue weighted by Gasteiger charge is -2.24. The maximum Gasteiger partial charge on any atom is 0.389 e. The van der Waals surface area contributed by atoms with Gasteiger partial charge in [0.1, 0.15) is 5.69 Å². The van der Waals surface area contributed by atoms with Crippen LogP contribution in [0.15, 0.2) is 34.5 Å². The summed E-state index contributed by atoms with van der Waals surface area (Å²) in [6.45, 7) is 2.28. The molecule has 0 bridgehead atoms. The zero-order valence-electron chi connectivity index (χ0n) is 18.4. The van der Waals surface area contributed by atoms with Crippen molar-refractivity contribution in [1.82, 2.24) is 4.98 Å². The first-order chi connectivity index (χ1) is 15.7. The number of aryl methyl sites for hydroxylation is 1. The molecule has 12 heteroatoms. The number of anilines is 1. The molecule has 1 N–H and O–H groups in total. The number of alkyl halides is 3. The second-order valence-corrected chi connectivity index (χ2v) is 8.42. The molecule has 0 spiro atoms. The maximum absolute atomic E-state index is 12.4. The Morgan fingerprint density at radius 3 is 2.45 bits per heavy atom. The quantitative estimate of drug-likeness (QED) is 0.138. The molecule has 0 atom stereocenters. The highest BCUT2D eigenvalue weighted by molar-refractivity contribution is 7.18. The van der Waals surface area contributed by atoms with Crippen LogP contribution in [-0.2, 0) is 6.42 Å². The van der Waals surface area contributed by atoms with Crippen LogP contribution in [0.2, 0.25) is 0 Å². The first-order valence-corrected chi connectivity index (χ1v) is 11.6. The summed E-state index contributed by atoms with van der Waals surface area (Å²) in [5, 5.41) is 28.8. The first kappa shape index (κ1) is 26.7. The Morgan fingerprint density at radius 1 is 1.12 bits per heavy atom. The molecule has 8 nitrogen and oxygen atoms in total. The smallest absolute Gasteiger partial charge is 0.389 e. The van der Waals surface area contributed by atoms with Crippen molar-refractivity contribution < 1.29 is 23.2 Å². The summed E-state index contributed by atoms with van der Waals surface area (Å²) in [7, 11) is 0. The van der Waals surface area contributed by atoms with Crippen LogP contribution in [0.1, 0.15) is 51.1 Å². The average Bonchev–Trinajstić information content (AvgIpc) is 3.18. The summed E-state index contributed by atoms with van der Waals surface area (Å²) in [5.74, 6) is 0. The Morgan fingerprint density at radius 2 is 1.85 bits per heavy atom. The normalized spacial score (nSPS) is 11.9. The van der Waals surface area contributed by atoms with E-state index in [2.05, 4.69) is 22.1 Å². The molecule has 33 heavy (non-hydrogen) atoms. The van der Waals surface area contributed by atoms with E-state index in [1.165, 1.54) is 0 Å². The Balaban J connectivity index is 2.04. The van der Waals surface area contributed by atoms with Crippen molar-refractivity contribution in [2.45, 2.75) is 58.0 Å². The van der Waals surface area contributed by atoms with Gasteiger partial charge in [0.05, 0.1) is 17.2 Å². The van der Waals surface area contributed by atoms with E-state index < -0.39 is 17.5 Å². The van der Waals surface area contributed by atoms with Crippen molar-refractivity contribution >= 4 is 32.8 Å². The van der Waals surface area contributed by atoms with Gasteiger partial charge in [-0.2, -0.15) is 13.2 Å². The second-order valence-electron chi connectivity index (χ2n) is 7.46. The largest absolute Gasteiger partial charge is 0.395 e. The highest BCUT2D eigenvalue weighted by Gasteiger charge is 2.26. The molecule has 0 aliphatic heterocycles. The molecule has 0 saturated heterocycles. The van der Waals surface area contributed by atoms with Crippen LogP contribution in [0.3, 0.4) is 0 Å². The number of aromatic nitrogens is 1. The van der Waals surface area contributed by atoms with E-state index in [4.69, 9.17) is 0 Å². The minimum absolute atomic E-state index is 0.0192. The van der Waals surface area contributed by atoms with Crippen molar-refractivity contribution in [3.05, 3.63) is 40.1 Å². The molecule has 0 aliphatic rings. The number of azo groups is 1. The summed E-state index contributed by atoms with van der Waals surface area (Å²) < 4.78 is 37.2. The highest BCUT2D eigenvalue weighted by atomic mass is 32.1. The minimum atomic E-state index is -4.21. The van der Waals surface area contributed by atoms with Gasteiger partial charge in [-0.25, -0.2) is 4.98 Å². The number of nitrogens with zero attached hydrogens (tertiary/aromatic N) is 5. The van der Waals surface area contributed by atoms with Gasteiger partial charge in [-0.3, -0.25) is 10.1 Å². The van der Waals surface area contributed by atoms with Gasteiger partial charge in [0.2, 0.25) is 5.13 Å². The molecular weight excluding hydrogens is 459 g/mol. The summed E-state index contributed by atoms with van der Waals surface area (Å²) >= 11 is 0.878. The third-order valence-electron chi connectivity index (χ3n) is 4.82. The second kappa shape index (κ2) is 13.2. The van der Waals surface area contributed by atoms with Gasteiger partial charge in [-0.1, -0.05) is 26.2 Å². The average molecular weight is 488 g/mol. The Kier molecular flexibility index (Phi) is 10.7. The van der Waals surface area contributed by atoms with Gasteiger partial charge in [0.25, 0.3) is 0 Å². The zero-order chi connectivity index (χ0) is 24.3. The number of nitro groups is 1. The molecule has 0 fully saturated rings. The number of unbranched alkanes of at least 4 members (excludes halogenated alkanes) is 3. The molecule has 0 unspecified atom stereocenters. The summed E-state index contributed by atoms with van der Waals surface area (Å²) in [4.78, 5) is 16.8. The molecule has 1 aromatic heterocycles. The fraction of sp³-hybridized carbons (Fsp3) is 0.571. The van der Waals surface area contributed by atoms with E-state index in [1.54, 1.807) is 29.2 Å². The summed E-state index contributed by atoms with van der Waals surface area (Å²) in [6.07, 6.45) is -0.708. The Hall–Kier alpha value is -2.60. The number of halogens is 3. The molecule has 1 heterocycles. The minimum Gasteiger partial charge on any atom is -0.395 e. The predicted octanol–water partition coefficient (Wildman–Crippen LogP) is 6.73. The van der Waals surface area contributed by atoms with Crippen molar-refractivity contribution in [1.29, 1.82) is 0 Å². The number of aliphatic hydroxyl groups excluding tert-OH is 1. The number of hydrogen-bond donors (Lipinski definition) is 1. The van der Waals surface area contributed by atoms with Crippen molar-refractivity contribution in [3.63, 3.8) is 0 Å². The number of thiazole rings is 1.